The minimum atomic E-state index is -0.969. The molecule has 10 atom stereocenters. The Morgan fingerprint density at radius 2 is 1.62 bits per heavy atom. The van der Waals surface area contributed by atoms with Crippen LogP contribution in [0.25, 0.3) is 11.0 Å². The number of imidazole rings is 1. The summed E-state index contributed by atoms with van der Waals surface area (Å²) < 4.78 is 17.3. The summed E-state index contributed by atoms with van der Waals surface area (Å²) in [7, 11) is 9.20. The normalized spacial score (nSPS) is 18.2. The lowest BCUT2D eigenvalue weighted by Crippen LogP contribution is -2.60. The van der Waals surface area contributed by atoms with Crippen LogP contribution in [0, 0.1) is 23.7 Å². The van der Waals surface area contributed by atoms with Gasteiger partial charge in [-0.15, -0.1) is 0 Å². The summed E-state index contributed by atoms with van der Waals surface area (Å²) in [6.45, 7) is 19.3. The maximum Gasteiger partial charge on any atom is 0.410 e. The van der Waals surface area contributed by atoms with E-state index in [2.05, 4.69) is 25.6 Å². The average molecular weight is 999 g/mol. The first-order valence-corrected chi connectivity index (χ1v) is 26.2. The van der Waals surface area contributed by atoms with Gasteiger partial charge in [-0.05, 0) is 73.8 Å². The molecular formula is C50H78N8O9S2. The Morgan fingerprint density at radius 1 is 0.942 bits per heavy atom. The third-order valence-corrected chi connectivity index (χ3v) is 16.3. The van der Waals surface area contributed by atoms with Crippen molar-refractivity contribution in [1.82, 2.24) is 40.3 Å². The smallest absolute Gasteiger partial charge is 0.410 e. The zero-order chi connectivity index (χ0) is 51.3. The van der Waals surface area contributed by atoms with Crippen molar-refractivity contribution in [2.45, 2.75) is 153 Å². The van der Waals surface area contributed by atoms with Crippen LogP contribution in [-0.2, 0) is 33.4 Å². The van der Waals surface area contributed by atoms with Gasteiger partial charge in [-0.3, -0.25) is 29.1 Å². The molecule has 4 rings (SSSR count). The molecule has 3 aromatic rings. The number of fused-ring (bicyclic) bond motifs is 1. The predicted octanol–water partition coefficient (Wildman–Crippen LogP) is 6.87. The van der Waals surface area contributed by atoms with Crippen LogP contribution in [0.5, 0.6) is 0 Å². The first-order chi connectivity index (χ1) is 32.6. The Kier molecular flexibility index (Phi) is 21.7. The predicted molar refractivity (Wildman–Crippen MR) is 271 cm³/mol. The fourth-order valence-electron chi connectivity index (χ4n) is 9.08. The largest absolute Gasteiger partial charge is 0.448 e. The molecular weight excluding hydrogens is 921 g/mol. The van der Waals surface area contributed by atoms with E-state index >= 15 is 0 Å². The number of rotatable bonds is 25. The minimum absolute atomic E-state index is 0.0381. The number of carbonyl (C=O) groups excluding carboxylic acids is 5. The number of likely N-dealkylation sites (tertiary alicyclic amines) is 1. The summed E-state index contributed by atoms with van der Waals surface area (Å²) in [6.07, 6.45) is 2.47. The number of carbonyl (C=O) groups is 5. The second-order valence-electron chi connectivity index (χ2n) is 19.7. The molecule has 17 nitrogen and oxygen atoms in total. The third kappa shape index (κ3) is 15.0. The number of aromatic nitrogens is 3. The van der Waals surface area contributed by atoms with Crippen LogP contribution in [0.2, 0.25) is 0 Å². The molecule has 4 N–H and O–H groups in total. The molecule has 3 heterocycles. The lowest BCUT2D eigenvalue weighted by Gasteiger charge is -2.41. The number of hydrogen-bond donors (Lipinski definition) is 4. The molecule has 1 saturated heterocycles. The molecule has 0 radical (unpaired) electrons. The molecule has 0 unspecified atom stereocenters. The van der Waals surface area contributed by atoms with Gasteiger partial charge in [0.05, 0.1) is 70.8 Å². The van der Waals surface area contributed by atoms with Crippen LogP contribution in [-0.4, -0.2) is 153 Å². The van der Waals surface area contributed by atoms with Crippen molar-refractivity contribution in [3.63, 3.8) is 0 Å². The van der Waals surface area contributed by atoms with Crippen LogP contribution in [0.1, 0.15) is 107 Å². The molecule has 1 aliphatic rings. The summed E-state index contributed by atoms with van der Waals surface area (Å²) in [5, 5.41) is 17.5. The van der Waals surface area contributed by atoms with Gasteiger partial charge in [-0.25, -0.2) is 9.78 Å². The van der Waals surface area contributed by atoms with Gasteiger partial charge in [-0.1, -0.05) is 96.0 Å². The first-order valence-electron chi connectivity index (χ1n) is 24.1. The van der Waals surface area contributed by atoms with Gasteiger partial charge in [0.1, 0.15) is 18.7 Å². The van der Waals surface area contributed by atoms with E-state index in [0.29, 0.717) is 30.1 Å². The second kappa shape index (κ2) is 26.1. The van der Waals surface area contributed by atoms with Gasteiger partial charge in [0.15, 0.2) is 5.16 Å². The minimum Gasteiger partial charge on any atom is -0.448 e. The lowest BCUT2D eigenvalue weighted by atomic mass is 9.89. The maximum atomic E-state index is 14.7. The molecule has 0 bridgehead atoms. The highest BCUT2D eigenvalue weighted by molar-refractivity contribution is 8.77. The molecule has 1 aromatic carbocycles. The van der Waals surface area contributed by atoms with E-state index in [-0.39, 0.29) is 48.5 Å². The molecule has 0 spiro atoms. The second-order valence-corrected chi connectivity index (χ2v) is 22.5. The highest BCUT2D eigenvalue weighted by atomic mass is 33.1. The van der Waals surface area contributed by atoms with E-state index in [1.165, 1.54) is 47.8 Å². The highest BCUT2D eigenvalue weighted by Gasteiger charge is 2.44. The molecule has 0 saturated carbocycles. The number of aliphatic hydroxyl groups excluding tert-OH is 1. The number of aliphatic hydroxyl groups is 1. The zero-order valence-electron chi connectivity index (χ0n) is 43.1. The van der Waals surface area contributed by atoms with Gasteiger partial charge >= 0.3 is 6.09 Å². The van der Waals surface area contributed by atoms with Crippen molar-refractivity contribution in [1.29, 1.82) is 0 Å². The molecule has 69 heavy (non-hydrogen) atoms. The topological polar surface area (TPSA) is 209 Å². The van der Waals surface area contributed by atoms with E-state index in [9.17, 15) is 29.1 Å². The van der Waals surface area contributed by atoms with Crippen LogP contribution in [0.3, 0.4) is 0 Å². The zero-order valence-corrected chi connectivity index (χ0v) is 44.7. The molecule has 0 aliphatic carbocycles. The van der Waals surface area contributed by atoms with Gasteiger partial charge in [0.2, 0.25) is 23.6 Å². The molecule has 2 aromatic heterocycles. The first kappa shape index (κ1) is 57.2. The Labute approximate surface area is 417 Å². The van der Waals surface area contributed by atoms with E-state index in [1.807, 2.05) is 91.8 Å². The standard InChI is InChI=1S/C50H78N8O9S2/c1-15-31(6)42(38(65-13)26-39(59)58-25-19-22-37(58)44(66-14)32(7)45(61)52-33(8)43(60)34-20-17-16-18-21-34)56(11)47(63)40(29(2)3)55-46(62)41(30(4)5)57(12)49(64)67-28-50(9,10)69-68-48-53-35-23-24-51-27-36(35)54-48/h16-18,20-21,23-24,27,29-33,37-38,40-44,60H,15,19,22,25-26,28H2,1-14H3,(H,52,61)(H,53,54)(H,55,62)/t31-,32+,33+,37-,38+,40-,41-,42-,43+,44+/m0/s1. The van der Waals surface area contributed by atoms with E-state index in [1.54, 1.807) is 43.1 Å². The average Bonchev–Trinajstić information content (AvgIpc) is 3.99. The number of pyridine rings is 1. The molecule has 1 aliphatic heterocycles. The number of nitrogens with one attached hydrogen (secondary N) is 3. The monoisotopic (exact) mass is 999 g/mol. The number of amides is 5. The third-order valence-electron chi connectivity index (χ3n) is 13.2. The van der Waals surface area contributed by atoms with Crippen molar-refractivity contribution in [2.24, 2.45) is 23.7 Å². The Bertz CT molecular complexity index is 2110. The molecule has 19 heteroatoms. The Balaban J connectivity index is 1.42. The number of benzene rings is 1. The fraction of sp³-hybridized carbons (Fsp3) is 0.660. The number of aromatic amines is 1. The maximum absolute atomic E-state index is 14.7. The summed E-state index contributed by atoms with van der Waals surface area (Å²) in [5.74, 6) is -2.76. The van der Waals surface area contributed by atoms with Gasteiger partial charge in [-0.2, -0.15) is 0 Å². The lowest BCUT2D eigenvalue weighted by molar-refractivity contribution is -0.148. The van der Waals surface area contributed by atoms with Crippen LogP contribution < -0.4 is 10.6 Å². The number of hydrogen-bond acceptors (Lipinski definition) is 13. The Hall–Kier alpha value is -4.43. The van der Waals surface area contributed by atoms with Crippen molar-refractivity contribution >= 4 is 62.3 Å². The van der Waals surface area contributed by atoms with Crippen LogP contribution >= 0.6 is 21.6 Å². The van der Waals surface area contributed by atoms with Crippen molar-refractivity contribution < 1.29 is 43.3 Å². The van der Waals surface area contributed by atoms with Gasteiger partial charge in [0.25, 0.3) is 0 Å². The highest BCUT2D eigenvalue weighted by Crippen LogP contribution is 2.40. The number of methoxy groups -OCH3 is 2. The van der Waals surface area contributed by atoms with Gasteiger partial charge < -0.3 is 44.7 Å². The van der Waals surface area contributed by atoms with E-state index in [0.717, 1.165) is 17.5 Å². The molecule has 5 amide bonds. The van der Waals surface area contributed by atoms with Crippen LogP contribution in [0.15, 0.2) is 53.9 Å². The molecule has 1 fully saturated rings. The van der Waals surface area contributed by atoms with Crippen LogP contribution in [0.4, 0.5) is 4.79 Å². The van der Waals surface area contributed by atoms with E-state index in [4.69, 9.17) is 14.2 Å². The van der Waals surface area contributed by atoms with Crippen molar-refractivity contribution in [3.05, 3.63) is 54.4 Å². The molecule has 384 valence electrons. The van der Waals surface area contributed by atoms with Gasteiger partial charge in [0, 0.05) is 41.1 Å². The number of nitrogens with zero attached hydrogens (tertiary/aromatic N) is 5. The summed E-state index contributed by atoms with van der Waals surface area (Å²) in [6, 6.07) is 7.52. The van der Waals surface area contributed by atoms with E-state index < -0.39 is 71.2 Å². The summed E-state index contributed by atoms with van der Waals surface area (Å²) in [5.41, 5.74) is 2.32. The number of likely N-dealkylation sites (N-methyl/N-ethyl adjacent to an activating group) is 2. The van der Waals surface area contributed by atoms with Crippen molar-refractivity contribution in [2.75, 3.05) is 41.5 Å². The fourth-order valence-corrected chi connectivity index (χ4v) is 11.1. The number of H-pyrrole nitrogens is 1. The summed E-state index contributed by atoms with van der Waals surface area (Å²) in [4.78, 5) is 87.0. The Morgan fingerprint density at radius 3 is 2.22 bits per heavy atom. The van der Waals surface area contributed by atoms with Crippen molar-refractivity contribution in [3.8, 4) is 0 Å². The number of ether oxygens (including phenoxy) is 3. The quantitative estimate of drug-likeness (QED) is 0.0640. The summed E-state index contributed by atoms with van der Waals surface area (Å²) >= 11 is 0. The SMILES string of the molecule is CC[C@H](C)[C@@H]([C@@H](CC(=O)N1CCC[C@H]1[C@H](OC)[C@@H](C)C(=O)N[C@H](C)[C@@H](O)c1ccccc1)OC)N(C)C(=O)[C@@H](NC(=O)[C@H](C(C)C)N(C)C(=O)OCC(C)(C)SSc1nc2ccncc2[nH]1)C(C)C.